The molecule has 112 valence electrons. The Bertz CT molecular complexity index is 658. The summed E-state index contributed by atoms with van der Waals surface area (Å²) in [5, 5.41) is 6.56. The normalized spacial score (nSPS) is 12.4. The molecule has 0 aliphatic heterocycles. The van der Waals surface area contributed by atoms with Crippen LogP contribution in [0.3, 0.4) is 0 Å². The van der Waals surface area contributed by atoms with Crippen LogP contribution in [0.25, 0.3) is 0 Å². The molecule has 6 heteroatoms. The van der Waals surface area contributed by atoms with Crippen molar-refractivity contribution in [1.29, 1.82) is 0 Å². The number of benzene rings is 1. The van der Waals surface area contributed by atoms with Gasteiger partial charge < -0.3 is 5.32 Å². The lowest BCUT2D eigenvalue weighted by Crippen LogP contribution is -2.33. The third-order valence-electron chi connectivity index (χ3n) is 3.21. The summed E-state index contributed by atoms with van der Waals surface area (Å²) in [6, 6.07) is 9.51. The topological polar surface area (TPSA) is 77.1 Å². The van der Waals surface area contributed by atoms with Crippen LogP contribution in [-0.4, -0.2) is 15.6 Å². The lowest BCUT2D eigenvalue weighted by molar-refractivity contribution is -0.122. The Morgan fingerprint density at radius 3 is 2.57 bits per heavy atom. The molecule has 1 N–H and O–H groups in total. The Morgan fingerprint density at radius 2 is 1.95 bits per heavy atom. The first kappa shape index (κ1) is 15.0. The van der Waals surface area contributed by atoms with Gasteiger partial charge in [-0.25, -0.2) is 4.79 Å². The van der Waals surface area contributed by atoms with E-state index in [2.05, 4.69) is 15.0 Å². The minimum Gasteiger partial charge on any atom is -0.348 e. The summed E-state index contributed by atoms with van der Waals surface area (Å²) in [5.41, 5.74) is 1.01. The molecular formula is C15H19N3O3. The van der Waals surface area contributed by atoms with Gasteiger partial charge in [-0.1, -0.05) is 49.3 Å². The predicted molar refractivity (Wildman–Crippen MR) is 77.9 cm³/mol. The van der Waals surface area contributed by atoms with Crippen molar-refractivity contribution in [1.82, 2.24) is 15.0 Å². The van der Waals surface area contributed by atoms with Crippen molar-refractivity contribution in [3.63, 3.8) is 0 Å². The fraction of sp³-hybridized carbons (Fsp3) is 0.400. The Morgan fingerprint density at radius 1 is 1.29 bits per heavy atom. The summed E-state index contributed by atoms with van der Waals surface area (Å²) in [6.07, 6.45) is 0. The maximum atomic E-state index is 12.1. The number of rotatable bonds is 5. The zero-order valence-corrected chi connectivity index (χ0v) is 12.4. The largest absolute Gasteiger partial charge is 0.442 e. The third kappa shape index (κ3) is 3.59. The van der Waals surface area contributed by atoms with Crippen LogP contribution in [0.5, 0.6) is 0 Å². The van der Waals surface area contributed by atoms with Crippen LogP contribution in [0.1, 0.15) is 44.1 Å². The highest BCUT2D eigenvalue weighted by atomic mass is 16.5. The zero-order valence-electron chi connectivity index (χ0n) is 12.4. The van der Waals surface area contributed by atoms with E-state index in [0.29, 0.717) is 5.82 Å². The highest BCUT2D eigenvalue weighted by molar-refractivity contribution is 5.76. The highest BCUT2D eigenvalue weighted by Gasteiger charge is 2.17. The summed E-state index contributed by atoms with van der Waals surface area (Å²) in [7, 11) is 0. The van der Waals surface area contributed by atoms with Gasteiger partial charge in [-0.3, -0.25) is 13.9 Å². The van der Waals surface area contributed by atoms with E-state index in [4.69, 9.17) is 0 Å². The minimum atomic E-state index is -0.610. The van der Waals surface area contributed by atoms with Crippen LogP contribution in [0, 0.1) is 0 Å². The predicted octanol–water partition coefficient (Wildman–Crippen LogP) is 1.84. The summed E-state index contributed by atoms with van der Waals surface area (Å²) in [4.78, 5) is 23.7. The molecule has 1 aromatic heterocycles. The number of carbonyl (C=O) groups excluding carboxylic acids is 1. The molecule has 1 amide bonds. The van der Waals surface area contributed by atoms with Crippen molar-refractivity contribution in [2.75, 3.05) is 0 Å². The van der Waals surface area contributed by atoms with Gasteiger partial charge in [0.1, 0.15) is 6.54 Å². The van der Waals surface area contributed by atoms with Crippen molar-refractivity contribution >= 4 is 5.91 Å². The van der Waals surface area contributed by atoms with Crippen molar-refractivity contribution in [2.45, 2.75) is 39.3 Å². The van der Waals surface area contributed by atoms with Crippen LogP contribution in [0.4, 0.5) is 0 Å². The SMILES string of the molecule is CC(C)c1noc(=O)n1CC(=O)NC(C)c1ccccc1. The van der Waals surface area contributed by atoms with Gasteiger partial charge in [0, 0.05) is 5.92 Å². The summed E-state index contributed by atoms with van der Waals surface area (Å²) < 4.78 is 5.89. The fourth-order valence-electron chi connectivity index (χ4n) is 2.10. The Labute approximate surface area is 122 Å². The summed E-state index contributed by atoms with van der Waals surface area (Å²) >= 11 is 0. The van der Waals surface area contributed by atoms with Crippen molar-refractivity contribution in [3.05, 3.63) is 52.3 Å². The van der Waals surface area contributed by atoms with E-state index >= 15 is 0 Å². The number of amides is 1. The summed E-state index contributed by atoms with van der Waals surface area (Å²) in [6.45, 7) is 5.58. The van der Waals surface area contributed by atoms with Crippen molar-refractivity contribution < 1.29 is 9.32 Å². The third-order valence-corrected chi connectivity index (χ3v) is 3.21. The number of hydrogen-bond acceptors (Lipinski definition) is 4. The molecule has 1 unspecified atom stereocenters. The van der Waals surface area contributed by atoms with Crippen LogP contribution in [-0.2, 0) is 11.3 Å². The maximum Gasteiger partial charge on any atom is 0.442 e. The monoisotopic (exact) mass is 289 g/mol. The molecule has 21 heavy (non-hydrogen) atoms. The van der Waals surface area contributed by atoms with E-state index in [1.165, 1.54) is 4.57 Å². The van der Waals surface area contributed by atoms with E-state index in [9.17, 15) is 9.59 Å². The molecule has 0 bridgehead atoms. The second kappa shape index (κ2) is 6.39. The van der Waals surface area contributed by atoms with E-state index in [0.717, 1.165) is 5.56 Å². The van der Waals surface area contributed by atoms with Crippen molar-refractivity contribution in [3.8, 4) is 0 Å². The molecule has 1 heterocycles. The average Bonchev–Trinajstić information content (AvgIpc) is 2.81. The molecule has 0 aliphatic carbocycles. The smallest absolute Gasteiger partial charge is 0.348 e. The number of nitrogens with zero attached hydrogens (tertiary/aromatic N) is 2. The van der Waals surface area contributed by atoms with Crippen LogP contribution < -0.4 is 11.1 Å². The first-order valence-corrected chi connectivity index (χ1v) is 6.89. The van der Waals surface area contributed by atoms with Gasteiger partial charge in [0.2, 0.25) is 5.91 Å². The van der Waals surface area contributed by atoms with Gasteiger partial charge in [-0.2, -0.15) is 0 Å². The molecule has 0 spiro atoms. The fourth-order valence-corrected chi connectivity index (χ4v) is 2.10. The van der Waals surface area contributed by atoms with Gasteiger partial charge in [-0.15, -0.1) is 0 Å². The molecule has 0 aliphatic rings. The van der Waals surface area contributed by atoms with Gasteiger partial charge in [0.05, 0.1) is 6.04 Å². The lowest BCUT2D eigenvalue weighted by Gasteiger charge is -2.14. The Balaban J connectivity index is 2.06. The van der Waals surface area contributed by atoms with Crippen LogP contribution >= 0.6 is 0 Å². The second-order valence-corrected chi connectivity index (χ2v) is 5.25. The number of aromatic nitrogens is 2. The quantitative estimate of drug-likeness (QED) is 0.911. The molecule has 0 saturated carbocycles. The van der Waals surface area contributed by atoms with E-state index in [-0.39, 0.29) is 24.4 Å². The lowest BCUT2D eigenvalue weighted by atomic mass is 10.1. The van der Waals surface area contributed by atoms with E-state index in [1.54, 1.807) is 0 Å². The second-order valence-electron chi connectivity index (χ2n) is 5.25. The molecule has 0 saturated heterocycles. The van der Waals surface area contributed by atoms with Gasteiger partial charge in [0.15, 0.2) is 5.82 Å². The zero-order chi connectivity index (χ0) is 15.4. The van der Waals surface area contributed by atoms with Crippen molar-refractivity contribution in [2.24, 2.45) is 0 Å². The van der Waals surface area contributed by atoms with Gasteiger partial charge in [0.25, 0.3) is 0 Å². The van der Waals surface area contributed by atoms with Crippen LogP contribution in [0.2, 0.25) is 0 Å². The molecule has 2 rings (SSSR count). The molecule has 2 aromatic rings. The Kier molecular flexibility index (Phi) is 4.57. The first-order valence-electron chi connectivity index (χ1n) is 6.89. The first-order chi connectivity index (χ1) is 9.99. The van der Waals surface area contributed by atoms with E-state index in [1.807, 2.05) is 51.1 Å². The molecular weight excluding hydrogens is 270 g/mol. The summed E-state index contributed by atoms with van der Waals surface area (Å²) in [5.74, 6) is -0.377. The van der Waals surface area contributed by atoms with Crippen LogP contribution in [0.15, 0.2) is 39.6 Å². The average molecular weight is 289 g/mol. The molecule has 0 radical (unpaired) electrons. The highest BCUT2D eigenvalue weighted by Crippen LogP contribution is 2.12. The molecule has 1 aromatic carbocycles. The standard InChI is InChI=1S/C15H19N3O3/c1-10(2)14-17-21-15(20)18(14)9-13(19)16-11(3)12-7-5-4-6-8-12/h4-8,10-11H,9H2,1-3H3,(H,16,19). The minimum absolute atomic E-state index is 0.01000. The van der Waals surface area contributed by atoms with E-state index < -0.39 is 5.76 Å². The Hall–Kier alpha value is -2.37. The molecule has 1 atom stereocenters. The number of nitrogens with one attached hydrogen (secondary N) is 1. The number of hydrogen-bond donors (Lipinski definition) is 1. The maximum absolute atomic E-state index is 12.1. The van der Waals surface area contributed by atoms with Gasteiger partial charge >= 0.3 is 5.76 Å². The molecule has 6 nitrogen and oxygen atoms in total. The van der Waals surface area contributed by atoms with Gasteiger partial charge in [-0.05, 0) is 12.5 Å². The molecule has 0 fully saturated rings. The number of carbonyl (C=O) groups is 1.